The predicted molar refractivity (Wildman–Crippen MR) is 72.5 cm³/mol. The van der Waals surface area contributed by atoms with E-state index < -0.39 is 11.0 Å². The van der Waals surface area contributed by atoms with Crippen molar-refractivity contribution in [2.75, 3.05) is 5.32 Å². The number of aliphatic hydroxyl groups excluding tert-OH is 1. The highest BCUT2D eigenvalue weighted by Gasteiger charge is 2.24. The lowest BCUT2D eigenvalue weighted by atomic mass is 9.93. The maximum absolute atomic E-state index is 10.7. The van der Waals surface area contributed by atoms with Gasteiger partial charge in [0.1, 0.15) is 5.52 Å². The van der Waals surface area contributed by atoms with E-state index in [9.17, 15) is 15.2 Å². The van der Waals surface area contributed by atoms with Crippen LogP contribution in [-0.4, -0.2) is 27.2 Å². The standard InChI is InChI=1S/C13H15N3O4/c17-11-4-2-1-3-9(11)14-13-15-10-7-8(16(18)19)5-6-12(10)20-13/h5-7,9,11,17H,1-4H2,(H,14,15). The van der Waals surface area contributed by atoms with Crippen molar-refractivity contribution in [1.29, 1.82) is 0 Å². The van der Waals surface area contributed by atoms with Crippen LogP contribution < -0.4 is 5.32 Å². The van der Waals surface area contributed by atoms with Gasteiger partial charge >= 0.3 is 0 Å². The van der Waals surface area contributed by atoms with Gasteiger partial charge in [0, 0.05) is 12.1 Å². The van der Waals surface area contributed by atoms with Gasteiger partial charge in [-0.1, -0.05) is 12.8 Å². The summed E-state index contributed by atoms with van der Waals surface area (Å²) in [5, 5.41) is 23.7. The number of hydrogen-bond acceptors (Lipinski definition) is 6. The maximum atomic E-state index is 10.7. The molecule has 106 valence electrons. The van der Waals surface area contributed by atoms with Gasteiger partial charge in [-0.3, -0.25) is 10.1 Å². The minimum Gasteiger partial charge on any atom is -0.424 e. The Morgan fingerprint density at radius 2 is 2.20 bits per heavy atom. The Labute approximate surface area is 114 Å². The minimum absolute atomic E-state index is 0.0185. The molecule has 0 spiro atoms. The molecular weight excluding hydrogens is 262 g/mol. The lowest BCUT2D eigenvalue weighted by Crippen LogP contribution is -2.36. The number of oxazole rings is 1. The molecule has 0 radical (unpaired) electrons. The van der Waals surface area contributed by atoms with Crippen molar-refractivity contribution in [3.63, 3.8) is 0 Å². The molecular formula is C13H15N3O4. The average Bonchev–Trinajstić information content (AvgIpc) is 2.82. The zero-order valence-electron chi connectivity index (χ0n) is 10.8. The van der Waals surface area contributed by atoms with E-state index in [2.05, 4.69) is 10.3 Å². The minimum atomic E-state index is -0.466. The molecule has 0 bridgehead atoms. The third-order valence-corrected chi connectivity index (χ3v) is 3.62. The summed E-state index contributed by atoms with van der Waals surface area (Å²) in [6.07, 6.45) is 3.30. The van der Waals surface area contributed by atoms with Crippen LogP contribution in [0.1, 0.15) is 25.7 Å². The van der Waals surface area contributed by atoms with E-state index in [0.29, 0.717) is 17.1 Å². The van der Waals surface area contributed by atoms with Gasteiger partial charge in [0.05, 0.1) is 17.1 Å². The maximum Gasteiger partial charge on any atom is 0.295 e. The molecule has 2 atom stereocenters. The summed E-state index contributed by atoms with van der Waals surface area (Å²) < 4.78 is 5.50. The highest BCUT2D eigenvalue weighted by molar-refractivity contribution is 5.77. The summed E-state index contributed by atoms with van der Waals surface area (Å²) in [5.74, 6) is 0. The number of aromatic nitrogens is 1. The van der Waals surface area contributed by atoms with Crippen molar-refractivity contribution >= 4 is 22.8 Å². The molecule has 1 fully saturated rings. The van der Waals surface area contributed by atoms with Gasteiger partial charge in [-0.05, 0) is 18.9 Å². The molecule has 0 amide bonds. The molecule has 0 saturated heterocycles. The fourth-order valence-electron chi connectivity index (χ4n) is 2.53. The predicted octanol–water partition coefficient (Wildman–Crippen LogP) is 2.45. The first-order chi connectivity index (χ1) is 9.63. The van der Waals surface area contributed by atoms with Gasteiger partial charge in [0.15, 0.2) is 5.58 Å². The van der Waals surface area contributed by atoms with E-state index in [-0.39, 0.29) is 11.7 Å². The highest BCUT2D eigenvalue weighted by atomic mass is 16.6. The molecule has 1 aliphatic rings. The van der Waals surface area contributed by atoms with Gasteiger partial charge in [-0.2, -0.15) is 4.98 Å². The lowest BCUT2D eigenvalue weighted by molar-refractivity contribution is -0.384. The van der Waals surface area contributed by atoms with E-state index in [1.54, 1.807) is 0 Å². The molecule has 1 aromatic heterocycles. The summed E-state index contributed by atoms with van der Waals surface area (Å²) in [6.45, 7) is 0. The quantitative estimate of drug-likeness (QED) is 0.660. The molecule has 1 saturated carbocycles. The van der Waals surface area contributed by atoms with Gasteiger partial charge in [0.2, 0.25) is 0 Å². The Morgan fingerprint density at radius 1 is 1.40 bits per heavy atom. The fraction of sp³-hybridized carbons (Fsp3) is 0.462. The monoisotopic (exact) mass is 277 g/mol. The Kier molecular flexibility index (Phi) is 3.27. The summed E-state index contributed by atoms with van der Waals surface area (Å²) in [6, 6.07) is 4.51. The van der Waals surface area contributed by atoms with Crippen molar-refractivity contribution < 1.29 is 14.4 Å². The number of anilines is 1. The third kappa shape index (κ3) is 2.44. The van der Waals surface area contributed by atoms with E-state index in [4.69, 9.17) is 4.42 Å². The highest BCUT2D eigenvalue weighted by Crippen LogP contribution is 2.26. The van der Waals surface area contributed by atoms with Crippen molar-refractivity contribution in [1.82, 2.24) is 4.98 Å². The Hall–Kier alpha value is -2.15. The van der Waals surface area contributed by atoms with Crippen LogP contribution in [0.15, 0.2) is 22.6 Å². The summed E-state index contributed by atoms with van der Waals surface area (Å²) >= 11 is 0. The van der Waals surface area contributed by atoms with Gasteiger partial charge in [-0.15, -0.1) is 0 Å². The van der Waals surface area contributed by atoms with Crippen LogP contribution in [0.5, 0.6) is 0 Å². The largest absolute Gasteiger partial charge is 0.424 e. The van der Waals surface area contributed by atoms with Crippen LogP contribution >= 0.6 is 0 Å². The van der Waals surface area contributed by atoms with E-state index in [1.807, 2.05) is 0 Å². The number of nitro groups is 1. The first kappa shape index (κ1) is 12.9. The molecule has 0 aliphatic heterocycles. The average molecular weight is 277 g/mol. The van der Waals surface area contributed by atoms with Crippen molar-refractivity contribution in [3.05, 3.63) is 28.3 Å². The zero-order chi connectivity index (χ0) is 14.1. The van der Waals surface area contributed by atoms with Crippen LogP contribution in [0.4, 0.5) is 11.7 Å². The number of aliphatic hydroxyl groups is 1. The van der Waals surface area contributed by atoms with E-state index in [0.717, 1.165) is 25.7 Å². The number of benzene rings is 1. The molecule has 2 aromatic rings. The van der Waals surface area contributed by atoms with Crippen LogP contribution in [0.25, 0.3) is 11.1 Å². The molecule has 3 rings (SSSR count). The second-order valence-electron chi connectivity index (χ2n) is 5.03. The molecule has 7 heteroatoms. The topological polar surface area (TPSA) is 101 Å². The van der Waals surface area contributed by atoms with Crippen LogP contribution in [-0.2, 0) is 0 Å². The molecule has 1 aromatic carbocycles. The van der Waals surface area contributed by atoms with Crippen molar-refractivity contribution in [3.8, 4) is 0 Å². The first-order valence-electron chi connectivity index (χ1n) is 6.63. The number of non-ortho nitro benzene ring substituents is 1. The lowest BCUT2D eigenvalue weighted by Gasteiger charge is -2.27. The number of rotatable bonds is 3. The first-order valence-corrected chi connectivity index (χ1v) is 6.63. The van der Waals surface area contributed by atoms with Crippen LogP contribution in [0.3, 0.4) is 0 Å². The normalized spacial score (nSPS) is 22.9. The smallest absolute Gasteiger partial charge is 0.295 e. The fourth-order valence-corrected chi connectivity index (χ4v) is 2.53. The van der Waals surface area contributed by atoms with E-state index >= 15 is 0 Å². The second-order valence-corrected chi connectivity index (χ2v) is 5.03. The molecule has 2 N–H and O–H groups in total. The zero-order valence-corrected chi connectivity index (χ0v) is 10.8. The van der Waals surface area contributed by atoms with Crippen LogP contribution in [0.2, 0.25) is 0 Å². The third-order valence-electron chi connectivity index (χ3n) is 3.62. The molecule has 20 heavy (non-hydrogen) atoms. The van der Waals surface area contributed by atoms with Crippen LogP contribution in [0, 0.1) is 10.1 Å². The Balaban J connectivity index is 1.83. The molecule has 1 heterocycles. The number of hydrogen-bond donors (Lipinski definition) is 2. The Morgan fingerprint density at radius 3 is 2.95 bits per heavy atom. The van der Waals surface area contributed by atoms with Gasteiger partial charge in [0.25, 0.3) is 11.7 Å². The van der Waals surface area contributed by atoms with Crippen molar-refractivity contribution in [2.24, 2.45) is 0 Å². The Bertz CT molecular complexity index is 640. The summed E-state index contributed by atoms with van der Waals surface area (Å²) in [4.78, 5) is 14.4. The SMILES string of the molecule is O=[N+]([O-])c1ccc2oc(NC3CCCCC3O)nc2c1. The number of nitro benzene ring substituents is 1. The number of fused-ring (bicyclic) bond motifs is 1. The molecule has 1 aliphatic carbocycles. The van der Waals surface area contributed by atoms with E-state index in [1.165, 1.54) is 18.2 Å². The number of nitrogens with zero attached hydrogens (tertiary/aromatic N) is 2. The summed E-state index contributed by atoms with van der Waals surface area (Å²) in [5.41, 5.74) is 0.908. The molecule has 7 nitrogen and oxygen atoms in total. The second kappa shape index (κ2) is 5.09. The molecule has 2 unspecified atom stereocenters. The van der Waals surface area contributed by atoms with Gasteiger partial charge in [-0.25, -0.2) is 0 Å². The summed E-state index contributed by atoms with van der Waals surface area (Å²) in [7, 11) is 0. The van der Waals surface area contributed by atoms with Crippen molar-refractivity contribution in [2.45, 2.75) is 37.8 Å². The number of nitrogens with one attached hydrogen (secondary N) is 1. The van der Waals surface area contributed by atoms with Gasteiger partial charge < -0.3 is 14.8 Å².